The average Bonchev–Trinajstić information content (AvgIpc) is 2.98. The minimum atomic E-state index is -0.717. The lowest BCUT2D eigenvalue weighted by Gasteiger charge is -2.10. The number of aromatic amines is 1. The smallest absolute Gasteiger partial charge is 0.340 e. The van der Waals surface area contributed by atoms with E-state index in [2.05, 4.69) is 10.3 Å². The maximum Gasteiger partial charge on any atom is 0.340 e. The van der Waals surface area contributed by atoms with E-state index in [9.17, 15) is 14.4 Å². The number of carbonyl (C=O) groups excluding carboxylic acids is 3. The number of aromatic nitrogens is 1. The highest BCUT2D eigenvalue weighted by Crippen LogP contribution is 2.31. The molecule has 1 aromatic carbocycles. The first-order valence-electron chi connectivity index (χ1n) is 8.79. The lowest BCUT2D eigenvalue weighted by Crippen LogP contribution is -2.36. The molecule has 0 spiro atoms. The number of aryl methyl sites for hydroxylation is 1. The molecule has 144 valence electrons. The van der Waals surface area contributed by atoms with Gasteiger partial charge in [0.25, 0.3) is 11.7 Å². The monoisotopic (exact) mass is 371 g/mol. The molecule has 7 heteroatoms. The zero-order valence-electron chi connectivity index (χ0n) is 16.1. The predicted octanol–water partition coefficient (Wildman–Crippen LogP) is 2.03. The van der Waals surface area contributed by atoms with Gasteiger partial charge in [-0.3, -0.25) is 9.59 Å². The molecular weight excluding hydrogens is 346 g/mol. The van der Waals surface area contributed by atoms with Gasteiger partial charge in [-0.25, -0.2) is 4.79 Å². The quantitative estimate of drug-likeness (QED) is 0.421. The molecule has 0 saturated heterocycles. The van der Waals surface area contributed by atoms with Gasteiger partial charge in [-0.1, -0.05) is 30.3 Å². The van der Waals surface area contributed by atoms with E-state index in [-0.39, 0.29) is 17.9 Å². The molecule has 0 radical (unpaired) electrons. The van der Waals surface area contributed by atoms with E-state index in [0.29, 0.717) is 29.9 Å². The molecular formula is C20H25N3O4. The van der Waals surface area contributed by atoms with E-state index < -0.39 is 17.7 Å². The fourth-order valence-electron chi connectivity index (χ4n) is 2.73. The summed E-state index contributed by atoms with van der Waals surface area (Å²) in [5.74, 6) is -1.96. The van der Waals surface area contributed by atoms with Crippen molar-refractivity contribution in [1.29, 1.82) is 0 Å². The van der Waals surface area contributed by atoms with Gasteiger partial charge in [-0.15, -0.1) is 0 Å². The van der Waals surface area contributed by atoms with Crippen molar-refractivity contribution in [3.8, 4) is 11.1 Å². The standard InChI is InChI=1S/C20H25N3O4/c1-5-27-20(26)15-13(2)22-17(16(15)14-9-7-6-8-10-14)18(24)19(25)21-11-12-23(3)4/h6-10,22H,5,11-12H2,1-4H3,(H,21,25). The van der Waals surface area contributed by atoms with Crippen LogP contribution in [0, 0.1) is 6.92 Å². The van der Waals surface area contributed by atoms with Crippen LogP contribution >= 0.6 is 0 Å². The summed E-state index contributed by atoms with van der Waals surface area (Å²) in [5, 5.41) is 2.61. The van der Waals surface area contributed by atoms with Crippen molar-refractivity contribution in [3.63, 3.8) is 0 Å². The summed E-state index contributed by atoms with van der Waals surface area (Å²) in [6.45, 7) is 4.57. The second kappa shape index (κ2) is 9.14. The number of likely N-dealkylation sites (N-methyl/N-ethyl adjacent to an activating group) is 1. The largest absolute Gasteiger partial charge is 0.462 e. The zero-order chi connectivity index (χ0) is 20.0. The molecule has 1 amide bonds. The maximum atomic E-state index is 12.8. The topological polar surface area (TPSA) is 91.5 Å². The predicted molar refractivity (Wildman–Crippen MR) is 103 cm³/mol. The summed E-state index contributed by atoms with van der Waals surface area (Å²) >= 11 is 0. The van der Waals surface area contributed by atoms with Crippen molar-refractivity contribution in [2.24, 2.45) is 0 Å². The van der Waals surface area contributed by atoms with Gasteiger partial charge in [-0.05, 0) is 33.5 Å². The van der Waals surface area contributed by atoms with Crippen LogP contribution in [0.2, 0.25) is 0 Å². The number of esters is 1. The Morgan fingerprint density at radius 2 is 1.81 bits per heavy atom. The normalized spacial score (nSPS) is 10.7. The Hall–Kier alpha value is -2.93. The number of Topliss-reactive ketones (excluding diaryl/α,β-unsaturated/α-hetero) is 1. The summed E-state index contributed by atoms with van der Waals surface area (Å²) in [5.41, 5.74) is 1.89. The molecule has 0 aliphatic carbocycles. The molecule has 2 rings (SSSR count). The molecule has 0 fully saturated rings. The zero-order valence-corrected chi connectivity index (χ0v) is 16.1. The van der Waals surface area contributed by atoms with Gasteiger partial charge in [0.05, 0.1) is 12.2 Å². The van der Waals surface area contributed by atoms with Gasteiger partial charge in [0.15, 0.2) is 0 Å². The van der Waals surface area contributed by atoms with Gasteiger partial charge in [0.2, 0.25) is 0 Å². The lowest BCUT2D eigenvalue weighted by molar-refractivity contribution is -0.117. The van der Waals surface area contributed by atoms with Crippen molar-refractivity contribution in [3.05, 3.63) is 47.3 Å². The summed E-state index contributed by atoms with van der Waals surface area (Å²) in [6, 6.07) is 9.01. The van der Waals surface area contributed by atoms with Crippen LogP contribution in [0.25, 0.3) is 11.1 Å². The van der Waals surface area contributed by atoms with Gasteiger partial charge in [0.1, 0.15) is 5.69 Å². The van der Waals surface area contributed by atoms with Crippen molar-refractivity contribution < 1.29 is 19.1 Å². The van der Waals surface area contributed by atoms with E-state index in [0.717, 1.165) is 0 Å². The first kappa shape index (κ1) is 20.4. The van der Waals surface area contributed by atoms with Crippen LogP contribution in [0.5, 0.6) is 0 Å². The minimum Gasteiger partial charge on any atom is -0.462 e. The Morgan fingerprint density at radius 1 is 1.15 bits per heavy atom. The molecule has 27 heavy (non-hydrogen) atoms. The summed E-state index contributed by atoms with van der Waals surface area (Å²) in [4.78, 5) is 42.3. The van der Waals surface area contributed by atoms with Crippen LogP contribution in [-0.4, -0.2) is 61.3 Å². The van der Waals surface area contributed by atoms with E-state index in [1.54, 1.807) is 38.1 Å². The second-order valence-corrected chi connectivity index (χ2v) is 6.35. The van der Waals surface area contributed by atoms with Crippen LogP contribution in [0.3, 0.4) is 0 Å². The lowest BCUT2D eigenvalue weighted by atomic mass is 9.98. The first-order valence-corrected chi connectivity index (χ1v) is 8.79. The Kier molecular flexibility index (Phi) is 6.90. The number of H-pyrrole nitrogens is 1. The molecule has 0 aliphatic heterocycles. The van der Waals surface area contributed by atoms with E-state index >= 15 is 0 Å². The fourth-order valence-corrected chi connectivity index (χ4v) is 2.73. The van der Waals surface area contributed by atoms with E-state index in [4.69, 9.17) is 4.74 Å². The number of nitrogens with one attached hydrogen (secondary N) is 2. The Balaban J connectivity index is 2.44. The number of rotatable bonds is 8. The number of ketones is 1. The molecule has 2 N–H and O–H groups in total. The second-order valence-electron chi connectivity index (χ2n) is 6.35. The van der Waals surface area contributed by atoms with Gasteiger partial charge < -0.3 is 19.9 Å². The van der Waals surface area contributed by atoms with E-state index in [1.807, 2.05) is 25.1 Å². The SMILES string of the molecule is CCOC(=O)c1c(C)[nH]c(C(=O)C(=O)NCCN(C)C)c1-c1ccccc1. The van der Waals surface area contributed by atoms with E-state index in [1.165, 1.54) is 0 Å². The highest BCUT2D eigenvalue weighted by atomic mass is 16.5. The van der Waals surface area contributed by atoms with Crippen LogP contribution in [0.1, 0.15) is 33.5 Å². The summed E-state index contributed by atoms with van der Waals surface area (Å²) < 4.78 is 5.14. The molecule has 2 aromatic rings. The van der Waals surface area contributed by atoms with Crippen molar-refractivity contribution >= 4 is 17.7 Å². The summed E-state index contributed by atoms with van der Waals surface area (Å²) in [7, 11) is 3.75. The molecule has 1 heterocycles. The number of ether oxygens (including phenoxy) is 1. The third-order valence-corrected chi connectivity index (χ3v) is 4.01. The molecule has 0 aliphatic rings. The van der Waals surface area contributed by atoms with Crippen LogP contribution < -0.4 is 5.32 Å². The molecule has 1 aromatic heterocycles. The van der Waals surface area contributed by atoms with Gasteiger partial charge in [-0.2, -0.15) is 0 Å². The molecule has 7 nitrogen and oxygen atoms in total. The Labute approximate surface area is 158 Å². The van der Waals surface area contributed by atoms with Gasteiger partial charge in [0, 0.05) is 24.3 Å². The number of hydrogen-bond donors (Lipinski definition) is 2. The van der Waals surface area contributed by atoms with Crippen LogP contribution in [0.4, 0.5) is 0 Å². The molecule has 0 unspecified atom stereocenters. The maximum absolute atomic E-state index is 12.8. The van der Waals surface area contributed by atoms with Crippen LogP contribution in [-0.2, 0) is 9.53 Å². The first-order chi connectivity index (χ1) is 12.9. The Bertz CT molecular complexity index is 825. The molecule has 0 atom stereocenters. The number of amides is 1. The van der Waals surface area contributed by atoms with Crippen molar-refractivity contribution in [1.82, 2.24) is 15.2 Å². The number of benzene rings is 1. The molecule has 0 bridgehead atoms. The molecule has 0 saturated carbocycles. The third-order valence-electron chi connectivity index (χ3n) is 4.01. The van der Waals surface area contributed by atoms with Crippen molar-refractivity contribution in [2.75, 3.05) is 33.8 Å². The number of hydrogen-bond acceptors (Lipinski definition) is 5. The highest BCUT2D eigenvalue weighted by molar-refractivity contribution is 6.43. The van der Waals surface area contributed by atoms with Crippen molar-refractivity contribution in [2.45, 2.75) is 13.8 Å². The fraction of sp³-hybridized carbons (Fsp3) is 0.350. The number of carbonyl (C=O) groups is 3. The minimum absolute atomic E-state index is 0.0871. The third kappa shape index (κ3) is 4.83. The van der Waals surface area contributed by atoms with Gasteiger partial charge >= 0.3 is 5.97 Å². The Morgan fingerprint density at radius 3 is 2.41 bits per heavy atom. The summed E-state index contributed by atoms with van der Waals surface area (Å²) in [6.07, 6.45) is 0. The van der Waals surface area contributed by atoms with Crippen LogP contribution in [0.15, 0.2) is 30.3 Å². The number of nitrogens with zero attached hydrogens (tertiary/aromatic N) is 1. The highest BCUT2D eigenvalue weighted by Gasteiger charge is 2.29. The average molecular weight is 371 g/mol.